The van der Waals surface area contributed by atoms with Gasteiger partial charge >= 0.3 is 0 Å². The Balaban J connectivity index is 2.46. The molecule has 1 fully saturated rings. The minimum absolute atomic E-state index is 0.228. The number of nitrogens with zero attached hydrogens (tertiary/aromatic N) is 1. The normalized spacial score (nSPS) is 18.6. The highest BCUT2D eigenvalue weighted by Gasteiger charge is 2.21. The Morgan fingerprint density at radius 1 is 1.38 bits per heavy atom. The second kappa shape index (κ2) is 5.63. The van der Waals surface area contributed by atoms with E-state index in [0.29, 0.717) is 6.04 Å². The van der Waals surface area contributed by atoms with Crippen LogP contribution in [-0.4, -0.2) is 28.7 Å². The summed E-state index contributed by atoms with van der Waals surface area (Å²) in [6, 6.07) is 0.517. The fourth-order valence-electron chi connectivity index (χ4n) is 2.08. The van der Waals surface area contributed by atoms with Gasteiger partial charge in [-0.1, -0.05) is 35.2 Å². The molecule has 1 aliphatic rings. The van der Waals surface area contributed by atoms with Gasteiger partial charge in [0.05, 0.1) is 0 Å². The van der Waals surface area contributed by atoms with Gasteiger partial charge in [0.1, 0.15) is 0 Å². The van der Waals surface area contributed by atoms with Crippen molar-refractivity contribution in [1.29, 1.82) is 0 Å². The summed E-state index contributed by atoms with van der Waals surface area (Å²) in [5.41, 5.74) is 0. The minimum atomic E-state index is 0.228. The van der Waals surface area contributed by atoms with Crippen LogP contribution in [0.4, 0.5) is 0 Å². The van der Waals surface area contributed by atoms with E-state index < -0.39 is 0 Å². The van der Waals surface area contributed by atoms with E-state index in [-0.39, 0.29) is 5.91 Å². The van der Waals surface area contributed by atoms with Crippen molar-refractivity contribution in [2.24, 2.45) is 0 Å². The lowest BCUT2D eigenvalue weighted by atomic mass is 9.94. The molecule has 2 nitrogen and oxygen atoms in total. The van der Waals surface area contributed by atoms with Gasteiger partial charge in [0.25, 0.3) is 0 Å². The molecule has 0 aromatic rings. The molecule has 1 aliphatic carbocycles. The maximum absolute atomic E-state index is 11.3. The number of carbonyl (C=O) groups excluding carboxylic acids is 1. The Bertz CT molecular complexity index is 166. The fourth-order valence-corrected chi connectivity index (χ4v) is 2.46. The van der Waals surface area contributed by atoms with Crippen molar-refractivity contribution in [3.63, 3.8) is 0 Å². The molecule has 0 heterocycles. The third kappa shape index (κ3) is 3.29. The molecule has 76 valence electrons. The molecule has 0 N–H and O–H groups in total. The zero-order valence-corrected chi connectivity index (χ0v) is 9.85. The van der Waals surface area contributed by atoms with Crippen molar-refractivity contribution < 1.29 is 4.79 Å². The van der Waals surface area contributed by atoms with E-state index in [1.165, 1.54) is 32.1 Å². The molecule has 1 rings (SSSR count). The van der Waals surface area contributed by atoms with E-state index in [1.54, 1.807) is 6.92 Å². The molecule has 0 atom stereocenters. The summed E-state index contributed by atoms with van der Waals surface area (Å²) >= 11 is 3.39. The van der Waals surface area contributed by atoms with E-state index >= 15 is 0 Å². The molecule has 1 amide bonds. The molecule has 0 saturated heterocycles. The largest absolute Gasteiger partial charge is 0.339 e. The average Bonchev–Trinajstić information content (AvgIpc) is 2.15. The smallest absolute Gasteiger partial charge is 0.219 e. The number of hydrogen-bond donors (Lipinski definition) is 0. The van der Waals surface area contributed by atoms with Gasteiger partial charge in [0, 0.05) is 24.8 Å². The van der Waals surface area contributed by atoms with E-state index in [9.17, 15) is 4.79 Å². The molecular formula is C10H18BrNO. The number of hydrogen-bond acceptors (Lipinski definition) is 1. The first-order valence-corrected chi connectivity index (χ1v) is 6.21. The predicted molar refractivity (Wildman–Crippen MR) is 58.1 cm³/mol. The maximum atomic E-state index is 11.3. The first kappa shape index (κ1) is 11.0. The quantitative estimate of drug-likeness (QED) is 0.703. The van der Waals surface area contributed by atoms with Crippen molar-refractivity contribution in [1.82, 2.24) is 4.90 Å². The number of halogens is 1. The van der Waals surface area contributed by atoms with Gasteiger partial charge in [-0.2, -0.15) is 0 Å². The van der Waals surface area contributed by atoms with Gasteiger partial charge in [0.15, 0.2) is 0 Å². The van der Waals surface area contributed by atoms with Gasteiger partial charge in [-0.25, -0.2) is 0 Å². The zero-order valence-electron chi connectivity index (χ0n) is 8.26. The summed E-state index contributed by atoms with van der Waals surface area (Å²) in [5, 5.41) is 0.892. The Kier molecular flexibility index (Phi) is 4.78. The van der Waals surface area contributed by atoms with Crippen molar-refractivity contribution in [2.45, 2.75) is 45.1 Å². The highest BCUT2D eigenvalue weighted by Crippen LogP contribution is 2.22. The minimum Gasteiger partial charge on any atom is -0.339 e. The van der Waals surface area contributed by atoms with Crippen molar-refractivity contribution in [3.05, 3.63) is 0 Å². The lowest BCUT2D eigenvalue weighted by Gasteiger charge is -2.33. The molecule has 0 aromatic carbocycles. The van der Waals surface area contributed by atoms with Crippen molar-refractivity contribution in [3.8, 4) is 0 Å². The Hall–Kier alpha value is -0.0500. The van der Waals surface area contributed by atoms with Crippen molar-refractivity contribution >= 4 is 21.8 Å². The van der Waals surface area contributed by atoms with Crippen LogP contribution in [-0.2, 0) is 4.79 Å². The standard InChI is InChI=1S/C10H18BrNO/c1-9(13)12(8-7-11)10-5-3-2-4-6-10/h10H,2-8H2,1H3. The Morgan fingerprint density at radius 2 is 2.00 bits per heavy atom. The van der Waals surface area contributed by atoms with Gasteiger partial charge < -0.3 is 4.90 Å². The number of carbonyl (C=O) groups is 1. The summed E-state index contributed by atoms with van der Waals surface area (Å²) in [6.45, 7) is 2.54. The highest BCUT2D eigenvalue weighted by atomic mass is 79.9. The molecule has 0 bridgehead atoms. The average molecular weight is 248 g/mol. The lowest BCUT2D eigenvalue weighted by Crippen LogP contribution is -2.41. The first-order chi connectivity index (χ1) is 6.25. The molecule has 0 aliphatic heterocycles. The number of rotatable bonds is 3. The van der Waals surface area contributed by atoms with E-state index in [0.717, 1.165) is 11.9 Å². The molecule has 0 aromatic heterocycles. The first-order valence-electron chi connectivity index (χ1n) is 5.09. The summed E-state index contributed by atoms with van der Waals surface area (Å²) in [6.07, 6.45) is 6.32. The summed E-state index contributed by atoms with van der Waals surface area (Å²) in [5.74, 6) is 0.228. The predicted octanol–water partition coefficient (Wildman–Crippen LogP) is 2.56. The van der Waals surface area contributed by atoms with Crippen LogP contribution < -0.4 is 0 Å². The SMILES string of the molecule is CC(=O)N(CCBr)C1CCCCC1. The van der Waals surface area contributed by atoms with Crippen LogP contribution in [0.3, 0.4) is 0 Å². The zero-order chi connectivity index (χ0) is 9.68. The molecule has 0 spiro atoms. The lowest BCUT2D eigenvalue weighted by molar-refractivity contribution is -0.131. The molecule has 0 unspecified atom stereocenters. The van der Waals surface area contributed by atoms with Crippen LogP contribution >= 0.6 is 15.9 Å². The van der Waals surface area contributed by atoms with Gasteiger partial charge in [0.2, 0.25) is 5.91 Å². The van der Waals surface area contributed by atoms with Crippen LogP contribution in [0, 0.1) is 0 Å². The third-order valence-corrected chi connectivity index (χ3v) is 3.10. The van der Waals surface area contributed by atoms with Gasteiger partial charge in [-0.15, -0.1) is 0 Å². The Morgan fingerprint density at radius 3 is 2.46 bits per heavy atom. The van der Waals surface area contributed by atoms with Gasteiger partial charge in [-0.05, 0) is 12.8 Å². The monoisotopic (exact) mass is 247 g/mol. The molecule has 3 heteroatoms. The van der Waals surface area contributed by atoms with Crippen LogP contribution in [0.25, 0.3) is 0 Å². The molecule has 13 heavy (non-hydrogen) atoms. The fraction of sp³-hybridized carbons (Fsp3) is 0.900. The summed E-state index contributed by atoms with van der Waals surface area (Å²) in [7, 11) is 0. The highest BCUT2D eigenvalue weighted by molar-refractivity contribution is 9.09. The molecule has 1 saturated carbocycles. The number of alkyl halides is 1. The van der Waals surface area contributed by atoms with E-state index in [1.807, 2.05) is 4.90 Å². The second-order valence-electron chi connectivity index (χ2n) is 3.69. The second-order valence-corrected chi connectivity index (χ2v) is 4.49. The van der Waals surface area contributed by atoms with Crippen LogP contribution in [0.1, 0.15) is 39.0 Å². The summed E-state index contributed by atoms with van der Waals surface area (Å²) < 4.78 is 0. The van der Waals surface area contributed by atoms with Crippen LogP contribution in [0.2, 0.25) is 0 Å². The van der Waals surface area contributed by atoms with E-state index in [4.69, 9.17) is 0 Å². The van der Waals surface area contributed by atoms with Crippen molar-refractivity contribution in [2.75, 3.05) is 11.9 Å². The maximum Gasteiger partial charge on any atom is 0.219 e. The molecular weight excluding hydrogens is 230 g/mol. The topological polar surface area (TPSA) is 20.3 Å². The van der Waals surface area contributed by atoms with Crippen LogP contribution in [0.15, 0.2) is 0 Å². The van der Waals surface area contributed by atoms with E-state index in [2.05, 4.69) is 15.9 Å². The van der Waals surface area contributed by atoms with Gasteiger partial charge in [-0.3, -0.25) is 4.79 Å². The summed E-state index contributed by atoms with van der Waals surface area (Å²) in [4.78, 5) is 13.4. The third-order valence-electron chi connectivity index (χ3n) is 2.75. The van der Waals surface area contributed by atoms with Crippen LogP contribution in [0.5, 0.6) is 0 Å². The molecule has 0 radical (unpaired) electrons. The number of amides is 1. The Labute approximate surface area is 88.8 Å².